The van der Waals surface area contributed by atoms with Crippen molar-refractivity contribution in [1.29, 1.82) is 0 Å². The van der Waals surface area contributed by atoms with Crippen LogP contribution in [0.3, 0.4) is 0 Å². The molecule has 122 valence electrons. The fraction of sp³-hybridized carbons (Fsp3) is 0.722. The van der Waals surface area contributed by atoms with Gasteiger partial charge in [-0.15, -0.1) is 0 Å². The number of nitrogens with zero attached hydrogens (tertiary/aromatic N) is 3. The molecule has 2 atom stereocenters. The number of hydrogen-bond donors (Lipinski definition) is 1. The van der Waals surface area contributed by atoms with E-state index in [1.165, 1.54) is 25.0 Å². The Hall–Kier alpha value is -1.13. The zero-order chi connectivity index (χ0) is 15.5. The van der Waals surface area contributed by atoms with Crippen molar-refractivity contribution in [1.82, 2.24) is 9.88 Å². The molecule has 2 aliphatic rings. The van der Waals surface area contributed by atoms with Gasteiger partial charge in [0, 0.05) is 31.7 Å². The Balaban J connectivity index is 1.57. The molecule has 1 aromatic heterocycles. The highest BCUT2D eigenvalue weighted by Gasteiger charge is 2.31. The van der Waals surface area contributed by atoms with Crippen LogP contribution >= 0.6 is 0 Å². The van der Waals surface area contributed by atoms with Gasteiger partial charge in [-0.1, -0.05) is 12.8 Å². The van der Waals surface area contributed by atoms with Gasteiger partial charge in [-0.3, -0.25) is 9.88 Å². The van der Waals surface area contributed by atoms with Gasteiger partial charge in [0.1, 0.15) is 0 Å². The molecule has 1 saturated carbocycles. The van der Waals surface area contributed by atoms with Crippen LogP contribution in [-0.4, -0.2) is 54.3 Å². The minimum absolute atomic E-state index is 0.109. The van der Waals surface area contributed by atoms with Crippen molar-refractivity contribution in [2.45, 2.75) is 56.6 Å². The lowest BCUT2D eigenvalue weighted by Crippen LogP contribution is -2.48. The van der Waals surface area contributed by atoms with E-state index in [4.69, 9.17) is 0 Å². The molecule has 1 saturated heterocycles. The Labute approximate surface area is 134 Å². The topological polar surface area (TPSA) is 39.6 Å². The number of likely N-dealkylation sites (tertiary alicyclic amines) is 1. The highest BCUT2D eigenvalue weighted by Crippen LogP contribution is 2.31. The molecular weight excluding hydrogens is 274 g/mol. The largest absolute Gasteiger partial charge is 0.391 e. The average molecular weight is 303 g/mol. The maximum absolute atomic E-state index is 10.2. The molecule has 22 heavy (non-hydrogen) atoms. The van der Waals surface area contributed by atoms with Crippen LogP contribution in [0.15, 0.2) is 18.3 Å². The Morgan fingerprint density at radius 3 is 2.41 bits per heavy atom. The summed E-state index contributed by atoms with van der Waals surface area (Å²) in [5.41, 5.74) is 2.39. The van der Waals surface area contributed by atoms with Crippen LogP contribution in [0.2, 0.25) is 0 Å². The van der Waals surface area contributed by atoms with Gasteiger partial charge >= 0.3 is 0 Å². The van der Waals surface area contributed by atoms with Gasteiger partial charge in [0.2, 0.25) is 0 Å². The molecule has 4 nitrogen and oxygen atoms in total. The first-order valence-electron chi connectivity index (χ1n) is 8.70. The molecule has 1 aromatic rings. The van der Waals surface area contributed by atoms with Gasteiger partial charge in [-0.05, 0) is 50.9 Å². The standard InChI is InChI=1S/C18H29N3O/c1-20(2)15-7-8-16(19-13-15)14-9-11-21(12-10-14)17-5-3-4-6-18(17)22/h7-8,13-14,17-18,22H,3-6,9-12H2,1-2H3/t17-,18-/m1/s1. The number of hydrogen-bond acceptors (Lipinski definition) is 4. The first kappa shape index (κ1) is 15.8. The van der Waals surface area contributed by atoms with Crippen molar-refractivity contribution in [2.24, 2.45) is 0 Å². The van der Waals surface area contributed by atoms with Gasteiger partial charge in [0.05, 0.1) is 18.0 Å². The summed E-state index contributed by atoms with van der Waals surface area (Å²) in [6.07, 6.45) is 8.81. The number of pyridine rings is 1. The van der Waals surface area contributed by atoms with Crippen molar-refractivity contribution >= 4 is 5.69 Å². The molecule has 2 heterocycles. The van der Waals surface area contributed by atoms with Crippen LogP contribution in [0.4, 0.5) is 5.69 Å². The number of rotatable bonds is 3. The fourth-order valence-electron chi connectivity index (χ4n) is 3.95. The lowest BCUT2D eigenvalue weighted by molar-refractivity contribution is 0.00853. The van der Waals surface area contributed by atoms with E-state index in [-0.39, 0.29) is 6.10 Å². The number of aliphatic hydroxyl groups is 1. The lowest BCUT2D eigenvalue weighted by atomic mass is 9.87. The molecular formula is C18H29N3O. The predicted molar refractivity (Wildman–Crippen MR) is 90.4 cm³/mol. The van der Waals surface area contributed by atoms with Crippen LogP contribution in [0, 0.1) is 0 Å². The van der Waals surface area contributed by atoms with Crippen molar-refractivity contribution in [3.05, 3.63) is 24.0 Å². The van der Waals surface area contributed by atoms with E-state index in [9.17, 15) is 5.11 Å². The molecule has 0 aromatic carbocycles. The molecule has 1 aliphatic heterocycles. The Kier molecular flexibility index (Phi) is 4.99. The van der Waals surface area contributed by atoms with Gasteiger partial charge in [0.15, 0.2) is 0 Å². The van der Waals surface area contributed by atoms with Gasteiger partial charge in [-0.2, -0.15) is 0 Å². The second-order valence-corrected chi connectivity index (χ2v) is 7.07. The van der Waals surface area contributed by atoms with Crippen LogP contribution < -0.4 is 4.90 Å². The van der Waals surface area contributed by atoms with E-state index in [1.807, 2.05) is 20.3 Å². The van der Waals surface area contributed by atoms with E-state index < -0.39 is 0 Å². The number of piperidine rings is 1. The molecule has 3 rings (SSSR count). The van der Waals surface area contributed by atoms with Crippen molar-refractivity contribution in [2.75, 3.05) is 32.1 Å². The lowest BCUT2D eigenvalue weighted by Gasteiger charge is -2.41. The smallest absolute Gasteiger partial charge is 0.0695 e. The zero-order valence-electron chi connectivity index (χ0n) is 13.9. The third-order valence-electron chi connectivity index (χ3n) is 5.40. The van der Waals surface area contributed by atoms with Crippen molar-refractivity contribution in [3.8, 4) is 0 Å². The van der Waals surface area contributed by atoms with Gasteiger partial charge in [0.25, 0.3) is 0 Å². The van der Waals surface area contributed by atoms with E-state index >= 15 is 0 Å². The molecule has 0 bridgehead atoms. The maximum Gasteiger partial charge on any atom is 0.0695 e. The third-order valence-corrected chi connectivity index (χ3v) is 5.40. The third kappa shape index (κ3) is 3.44. The first-order chi connectivity index (χ1) is 10.6. The van der Waals surface area contributed by atoms with Crippen LogP contribution in [0.25, 0.3) is 0 Å². The summed E-state index contributed by atoms with van der Waals surface area (Å²) in [6.45, 7) is 2.20. The monoisotopic (exact) mass is 303 g/mol. The summed E-state index contributed by atoms with van der Waals surface area (Å²) < 4.78 is 0. The highest BCUT2D eigenvalue weighted by molar-refractivity contribution is 5.42. The second kappa shape index (κ2) is 6.97. The molecule has 4 heteroatoms. The number of aromatic nitrogens is 1. The average Bonchev–Trinajstić information content (AvgIpc) is 2.56. The zero-order valence-corrected chi connectivity index (χ0v) is 13.9. The first-order valence-corrected chi connectivity index (χ1v) is 8.70. The molecule has 1 aliphatic carbocycles. The highest BCUT2D eigenvalue weighted by atomic mass is 16.3. The van der Waals surface area contributed by atoms with Gasteiger partial charge in [-0.25, -0.2) is 0 Å². The molecule has 1 N–H and O–H groups in total. The minimum atomic E-state index is -0.109. The molecule has 0 spiro atoms. The second-order valence-electron chi connectivity index (χ2n) is 7.07. The molecule has 0 amide bonds. The minimum Gasteiger partial charge on any atom is -0.391 e. The van der Waals surface area contributed by atoms with E-state index in [2.05, 4.69) is 26.9 Å². The normalized spacial score (nSPS) is 27.8. The fourth-order valence-corrected chi connectivity index (χ4v) is 3.95. The Morgan fingerprint density at radius 1 is 1.09 bits per heavy atom. The Bertz CT molecular complexity index is 466. The number of aliphatic hydroxyl groups excluding tert-OH is 1. The van der Waals surface area contributed by atoms with E-state index in [1.54, 1.807) is 0 Å². The molecule has 0 unspecified atom stereocenters. The summed E-state index contributed by atoms with van der Waals surface area (Å²) in [5, 5.41) is 10.2. The Morgan fingerprint density at radius 2 is 1.82 bits per heavy atom. The van der Waals surface area contributed by atoms with Crippen molar-refractivity contribution < 1.29 is 5.11 Å². The predicted octanol–water partition coefficient (Wildman–Crippen LogP) is 2.63. The van der Waals surface area contributed by atoms with Crippen LogP contribution in [0.5, 0.6) is 0 Å². The summed E-state index contributed by atoms with van der Waals surface area (Å²) >= 11 is 0. The number of anilines is 1. The van der Waals surface area contributed by atoms with Crippen LogP contribution in [-0.2, 0) is 0 Å². The summed E-state index contributed by atoms with van der Waals surface area (Å²) in [4.78, 5) is 9.28. The SMILES string of the molecule is CN(C)c1ccc(C2CCN([C@@H]3CCCC[C@H]3O)CC2)nc1. The summed E-state index contributed by atoms with van der Waals surface area (Å²) in [5.74, 6) is 0.577. The molecule has 0 radical (unpaired) electrons. The van der Waals surface area contributed by atoms with Crippen LogP contribution in [0.1, 0.15) is 50.1 Å². The van der Waals surface area contributed by atoms with Gasteiger partial charge < -0.3 is 10.0 Å². The summed E-state index contributed by atoms with van der Waals surface area (Å²) in [6, 6.07) is 4.75. The molecule has 2 fully saturated rings. The van der Waals surface area contributed by atoms with E-state index in [0.717, 1.165) is 38.0 Å². The maximum atomic E-state index is 10.2. The summed E-state index contributed by atoms with van der Waals surface area (Å²) in [7, 11) is 4.09. The quantitative estimate of drug-likeness (QED) is 0.932. The van der Waals surface area contributed by atoms with Crippen molar-refractivity contribution in [3.63, 3.8) is 0 Å². The van der Waals surface area contributed by atoms with E-state index in [0.29, 0.717) is 12.0 Å².